The van der Waals surface area contributed by atoms with Crippen LogP contribution < -0.4 is 0 Å². The minimum atomic E-state index is -1.04. The Morgan fingerprint density at radius 1 is 1.50 bits per heavy atom. The molecule has 90 valence electrons. The first-order valence-corrected chi connectivity index (χ1v) is 4.35. The van der Waals surface area contributed by atoms with Gasteiger partial charge in [-0.05, 0) is 13.8 Å². The number of aromatic nitrogens is 3. The fourth-order valence-electron chi connectivity index (χ4n) is 1.03. The molecule has 1 heterocycles. The van der Waals surface area contributed by atoms with Crippen LogP contribution in [0.3, 0.4) is 0 Å². The number of esters is 1. The third kappa shape index (κ3) is 3.02. The molecule has 3 N–H and O–H groups in total. The normalized spacial score (nSPS) is 9.38. The van der Waals surface area contributed by atoms with Crippen LogP contribution in [0.25, 0.3) is 0 Å². The Balaban J connectivity index is 0.00000225. The van der Waals surface area contributed by atoms with E-state index in [1.807, 2.05) is 0 Å². The van der Waals surface area contributed by atoms with Crippen molar-refractivity contribution in [2.45, 2.75) is 20.4 Å². The summed E-state index contributed by atoms with van der Waals surface area (Å²) < 4.78 is 5.86. The third-order valence-electron chi connectivity index (χ3n) is 1.74. The molecule has 1 aromatic rings. The first-order valence-electron chi connectivity index (χ1n) is 4.35. The summed E-state index contributed by atoms with van der Waals surface area (Å²) in [6.07, 6.45) is 0. The highest BCUT2D eigenvalue weighted by Crippen LogP contribution is 2.05. The van der Waals surface area contributed by atoms with Gasteiger partial charge in [0.15, 0.2) is 5.69 Å². The van der Waals surface area contributed by atoms with Gasteiger partial charge in [0.1, 0.15) is 6.54 Å². The maximum absolute atomic E-state index is 11.3. The Morgan fingerprint density at radius 2 is 2.12 bits per heavy atom. The lowest BCUT2D eigenvalue weighted by atomic mass is 10.3. The van der Waals surface area contributed by atoms with Gasteiger partial charge in [-0.3, -0.25) is 4.79 Å². The summed E-state index contributed by atoms with van der Waals surface area (Å²) in [6.45, 7) is 3.16. The summed E-state index contributed by atoms with van der Waals surface area (Å²) in [5, 5.41) is 15.6. The van der Waals surface area contributed by atoms with Gasteiger partial charge in [0, 0.05) is 0 Å². The van der Waals surface area contributed by atoms with Gasteiger partial charge in [-0.1, -0.05) is 5.21 Å². The summed E-state index contributed by atoms with van der Waals surface area (Å²) in [6, 6.07) is 0. The van der Waals surface area contributed by atoms with E-state index in [4.69, 9.17) is 9.84 Å². The molecule has 0 amide bonds. The lowest BCUT2D eigenvalue weighted by molar-refractivity contribution is -0.137. The van der Waals surface area contributed by atoms with Gasteiger partial charge in [-0.2, -0.15) is 0 Å². The van der Waals surface area contributed by atoms with E-state index >= 15 is 0 Å². The number of carbonyl (C=O) groups is 2. The molecule has 0 aliphatic heterocycles. The number of hydrogen-bond donors (Lipinski definition) is 1. The van der Waals surface area contributed by atoms with Crippen molar-refractivity contribution in [3.63, 3.8) is 0 Å². The monoisotopic (exact) mass is 231 g/mol. The van der Waals surface area contributed by atoms with Crippen molar-refractivity contribution >= 4 is 11.9 Å². The number of nitrogens with zero attached hydrogens (tertiary/aromatic N) is 3. The van der Waals surface area contributed by atoms with E-state index in [2.05, 4.69) is 10.3 Å². The van der Waals surface area contributed by atoms with Crippen LogP contribution in [0.15, 0.2) is 0 Å². The Labute approximate surface area is 91.1 Å². The molecule has 1 rings (SSSR count). The Hall–Kier alpha value is -1.96. The predicted molar refractivity (Wildman–Crippen MR) is 52.0 cm³/mol. The zero-order chi connectivity index (χ0) is 11.4. The van der Waals surface area contributed by atoms with Gasteiger partial charge in [0.25, 0.3) is 0 Å². The molecule has 0 bridgehead atoms. The van der Waals surface area contributed by atoms with Crippen molar-refractivity contribution in [1.82, 2.24) is 15.0 Å². The van der Waals surface area contributed by atoms with Gasteiger partial charge in [-0.25, -0.2) is 9.48 Å². The van der Waals surface area contributed by atoms with Gasteiger partial charge in [-0.15, -0.1) is 5.10 Å². The number of aliphatic carboxylic acids is 1. The van der Waals surface area contributed by atoms with Crippen LogP contribution in [0, 0.1) is 6.92 Å². The Morgan fingerprint density at radius 3 is 2.62 bits per heavy atom. The van der Waals surface area contributed by atoms with Crippen LogP contribution in [0.5, 0.6) is 0 Å². The van der Waals surface area contributed by atoms with Crippen molar-refractivity contribution in [1.29, 1.82) is 0 Å². The van der Waals surface area contributed by atoms with Gasteiger partial charge in [0.2, 0.25) is 0 Å². The second-order valence-electron chi connectivity index (χ2n) is 2.80. The summed E-state index contributed by atoms with van der Waals surface area (Å²) in [5.41, 5.74) is 0.439. The highest BCUT2D eigenvalue weighted by atomic mass is 16.5. The van der Waals surface area contributed by atoms with Crippen LogP contribution >= 0.6 is 0 Å². The minimum Gasteiger partial charge on any atom is -0.480 e. The van der Waals surface area contributed by atoms with E-state index < -0.39 is 11.9 Å². The molecule has 0 fully saturated rings. The molecule has 16 heavy (non-hydrogen) atoms. The maximum Gasteiger partial charge on any atom is 0.360 e. The van der Waals surface area contributed by atoms with E-state index in [1.54, 1.807) is 13.8 Å². The molecule has 0 saturated carbocycles. The first-order chi connectivity index (χ1) is 7.06. The van der Waals surface area contributed by atoms with E-state index in [0.29, 0.717) is 5.69 Å². The topological polar surface area (TPSA) is 126 Å². The second kappa shape index (κ2) is 5.81. The lowest BCUT2D eigenvalue weighted by Gasteiger charge is -2.00. The quantitative estimate of drug-likeness (QED) is 0.664. The number of carboxylic acid groups (broad SMARTS) is 1. The van der Waals surface area contributed by atoms with Crippen LogP contribution in [-0.4, -0.2) is 44.1 Å². The summed E-state index contributed by atoms with van der Waals surface area (Å²) in [4.78, 5) is 21.7. The number of carboxylic acids is 1. The summed E-state index contributed by atoms with van der Waals surface area (Å²) in [7, 11) is 0. The highest BCUT2D eigenvalue weighted by molar-refractivity contribution is 5.88. The molecule has 1 aromatic heterocycles. The van der Waals surface area contributed by atoms with E-state index in [1.165, 1.54) is 0 Å². The van der Waals surface area contributed by atoms with Gasteiger partial charge < -0.3 is 15.3 Å². The molecule has 0 radical (unpaired) electrons. The number of hydrogen-bond acceptors (Lipinski definition) is 5. The molecule has 0 atom stereocenters. The van der Waals surface area contributed by atoms with E-state index in [0.717, 1.165) is 4.68 Å². The second-order valence-corrected chi connectivity index (χ2v) is 2.80. The smallest absolute Gasteiger partial charge is 0.360 e. The van der Waals surface area contributed by atoms with E-state index in [9.17, 15) is 9.59 Å². The van der Waals surface area contributed by atoms with Crippen molar-refractivity contribution in [2.75, 3.05) is 6.61 Å². The molecule has 0 aliphatic rings. The van der Waals surface area contributed by atoms with Crippen molar-refractivity contribution < 1.29 is 24.9 Å². The fraction of sp³-hybridized carbons (Fsp3) is 0.500. The van der Waals surface area contributed by atoms with Crippen molar-refractivity contribution in [3.8, 4) is 0 Å². The molecule has 8 nitrogen and oxygen atoms in total. The van der Waals surface area contributed by atoms with Crippen LogP contribution in [0.1, 0.15) is 23.1 Å². The standard InChI is InChI=1S/C8H11N3O4.H2O/c1-3-15-8(14)7-5(2)11(10-9-7)4-6(12)13;/h3-4H2,1-2H3,(H,12,13);1H2. The largest absolute Gasteiger partial charge is 0.480 e. The van der Waals surface area contributed by atoms with Crippen LogP contribution in [0.4, 0.5) is 0 Å². The predicted octanol–water partition coefficient (Wildman–Crippen LogP) is -0.977. The molecule has 0 aromatic carbocycles. The maximum atomic E-state index is 11.3. The number of ether oxygens (including phenoxy) is 1. The molecule has 0 saturated heterocycles. The van der Waals surface area contributed by atoms with Crippen LogP contribution in [-0.2, 0) is 16.1 Å². The molecule has 0 aliphatic carbocycles. The first kappa shape index (κ1) is 14.0. The average molecular weight is 231 g/mol. The van der Waals surface area contributed by atoms with Gasteiger partial charge in [0.05, 0.1) is 12.3 Å². The number of carbonyl (C=O) groups excluding carboxylic acids is 1. The third-order valence-corrected chi connectivity index (χ3v) is 1.74. The highest BCUT2D eigenvalue weighted by Gasteiger charge is 2.18. The SMILES string of the molecule is CCOC(=O)c1nnn(CC(=O)O)c1C.O. The molecule has 8 heteroatoms. The van der Waals surface area contributed by atoms with Gasteiger partial charge >= 0.3 is 11.9 Å². The Kier molecular flexibility index (Phi) is 5.10. The van der Waals surface area contributed by atoms with Crippen molar-refractivity contribution in [3.05, 3.63) is 11.4 Å². The average Bonchev–Trinajstić information content (AvgIpc) is 2.48. The van der Waals surface area contributed by atoms with E-state index in [-0.39, 0.29) is 24.3 Å². The number of rotatable bonds is 4. The van der Waals surface area contributed by atoms with Crippen molar-refractivity contribution in [2.24, 2.45) is 0 Å². The molecular formula is C8H13N3O5. The molecule has 0 unspecified atom stereocenters. The Bertz CT molecular complexity index is 387. The molecular weight excluding hydrogens is 218 g/mol. The summed E-state index contributed by atoms with van der Waals surface area (Å²) >= 11 is 0. The van der Waals surface area contributed by atoms with Crippen LogP contribution in [0.2, 0.25) is 0 Å². The summed E-state index contributed by atoms with van der Waals surface area (Å²) in [5.74, 6) is -1.63. The minimum absolute atomic E-state index is 0. The zero-order valence-corrected chi connectivity index (χ0v) is 8.93. The lowest BCUT2D eigenvalue weighted by Crippen LogP contribution is -2.13. The fourth-order valence-corrected chi connectivity index (χ4v) is 1.03. The molecule has 0 spiro atoms. The zero-order valence-electron chi connectivity index (χ0n) is 8.93.